The molecule has 5 amide bonds. The Kier molecular flexibility index (Phi) is 10.5. The topological polar surface area (TPSA) is 299 Å². The molecule has 0 aliphatic rings. The first-order valence-corrected chi connectivity index (χ1v) is 14.9. The maximum absolute atomic E-state index is 13.1. The zero-order valence-corrected chi connectivity index (χ0v) is 27.8. The molecular formula is C28H33BrN14O5. The minimum absolute atomic E-state index is 0.0640. The molecule has 0 aliphatic carbocycles. The molecule has 0 unspecified atom stereocenters. The summed E-state index contributed by atoms with van der Waals surface area (Å²) in [5.41, 5.74) is 13.5. The number of amides is 5. The Morgan fingerprint density at radius 2 is 1.19 bits per heavy atom. The Morgan fingerprint density at radius 3 is 1.69 bits per heavy atom. The summed E-state index contributed by atoms with van der Waals surface area (Å²) in [7, 11) is 0. The predicted octanol–water partition coefficient (Wildman–Crippen LogP) is 1.63. The SMILES string of the molecule is C=C(Br)C(=O)Nc1n[nH]c(C(=O)Nc2n[nH]c(C(=O)Nc3c[nH]c(C(=O)Nc4c[nH]c(C(=O)NCCN=C(N)N)c4C)c3C)c2C)c1C. The van der Waals surface area contributed by atoms with Crippen LogP contribution in [-0.4, -0.2) is 78.9 Å². The Bertz CT molecular complexity index is 1960. The summed E-state index contributed by atoms with van der Waals surface area (Å²) in [5.74, 6) is -2.46. The van der Waals surface area contributed by atoms with Crippen LogP contribution in [0.15, 0.2) is 28.4 Å². The highest BCUT2D eigenvalue weighted by molar-refractivity contribution is 9.12. The molecule has 13 N–H and O–H groups in total. The molecule has 0 bridgehead atoms. The van der Waals surface area contributed by atoms with Crippen molar-refractivity contribution >= 4 is 74.4 Å². The van der Waals surface area contributed by atoms with Crippen molar-refractivity contribution in [3.05, 3.63) is 68.5 Å². The van der Waals surface area contributed by atoms with Gasteiger partial charge < -0.3 is 48.0 Å². The van der Waals surface area contributed by atoms with Gasteiger partial charge in [0.1, 0.15) is 22.8 Å². The lowest BCUT2D eigenvalue weighted by Gasteiger charge is -2.07. The number of nitrogens with two attached hydrogens (primary N) is 2. The van der Waals surface area contributed by atoms with Crippen molar-refractivity contribution in [3.63, 3.8) is 0 Å². The molecule has 0 saturated heterocycles. The summed E-state index contributed by atoms with van der Waals surface area (Å²) in [5, 5.41) is 26.4. The third kappa shape index (κ3) is 7.61. The molecule has 0 spiro atoms. The molecule has 0 saturated carbocycles. The van der Waals surface area contributed by atoms with Gasteiger partial charge in [-0.05, 0) is 43.6 Å². The first kappa shape index (κ1) is 34.7. The number of nitrogens with one attached hydrogen (secondary N) is 9. The van der Waals surface area contributed by atoms with Crippen molar-refractivity contribution in [2.45, 2.75) is 27.7 Å². The summed E-state index contributed by atoms with van der Waals surface area (Å²) >= 11 is 2.98. The van der Waals surface area contributed by atoms with E-state index in [0.29, 0.717) is 33.6 Å². The fourth-order valence-electron chi connectivity index (χ4n) is 4.36. The van der Waals surface area contributed by atoms with Crippen LogP contribution in [0.5, 0.6) is 0 Å². The number of carbonyl (C=O) groups excluding carboxylic acids is 5. The zero-order valence-electron chi connectivity index (χ0n) is 26.2. The molecule has 0 radical (unpaired) electrons. The van der Waals surface area contributed by atoms with Gasteiger partial charge in [-0.3, -0.25) is 39.2 Å². The summed E-state index contributed by atoms with van der Waals surface area (Å²) in [6, 6.07) is 0. The van der Waals surface area contributed by atoms with Crippen LogP contribution in [0.3, 0.4) is 0 Å². The number of nitrogens with zero attached hydrogens (tertiary/aromatic N) is 3. The molecule has 20 heteroatoms. The van der Waals surface area contributed by atoms with Crippen LogP contribution in [0.25, 0.3) is 0 Å². The normalized spacial score (nSPS) is 10.6. The maximum Gasteiger partial charge on any atom is 0.275 e. The van der Waals surface area contributed by atoms with Crippen LogP contribution in [0, 0.1) is 27.7 Å². The van der Waals surface area contributed by atoms with Gasteiger partial charge in [0.15, 0.2) is 17.6 Å². The van der Waals surface area contributed by atoms with E-state index in [-0.39, 0.29) is 57.9 Å². The van der Waals surface area contributed by atoms with E-state index >= 15 is 0 Å². The molecule has 0 fully saturated rings. The van der Waals surface area contributed by atoms with E-state index in [9.17, 15) is 24.0 Å². The van der Waals surface area contributed by atoms with Crippen LogP contribution in [0.4, 0.5) is 23.0 Å². The van der Waals surface area contributed by atoms with E-state index in [2.05, 4.69) is 84.4 Å². The van der Waals surface area contributed by atoms with Gasteiger partial charge in [0.05, 0.1) is 22.4 Å². The fraction of sp³-hybridized carbons (Fsp3) is 0.214. The highest BCUT2D eigenvalue weighted by Gasteiger charge is 2.24. The molecule has 4 rings (SSSR count). The van der Waals surface area contributed by atoms with Gasteiger partial charge in [-0.2, -0.15) is 10.2 Å². The Balaban J connectivity index is 1.38. The second-order valence-corrected chi connectivity index (χ2v) is 11.3. The molecule has 0 atom stereocenters. The number of hydrogen-bond donors (Lipinski definition) is 11. The van der Waals surface area contributed by atoms with Gasteiger partial charge >= 0.3 is 0 Å². The number of aliphatic imine (C=N–C) groups is 1. The number of guanidine groups is 1. The highest BCUT2D eigenvalue weighted by Crippen LogP contribution is 2.25. The van der Waals surface area contributed by atoms with Crippen LogP contribution in [-0.2, 0) is 4.79 Å². The summed E-state index contributed by atoms with van der Waals surface area (Å²) < 4.78 is 0.0882. The summed E-state index contributed by atoms with van der Waals surface area (Å²) in [6.07, 6.45) is 2.95. The quantitative estimate of drug-likeness (QED) is 0.0437. The van der Waals surface area contributed by atoms with Crippen molar-refractivity contribution in [2.75, 3.05) is 34.4 Å². The smallest absolute Gasteiger partial charge is 0.275 e. The third-order valence-corrected chi connectivity index (χ3v) is 7.47. The number of aromatic amines is 4. The standard InChI is InChI=1S/C28H33BrN14O5/c1-10-15(8-34-17(10)24(45)32-6-7-33-28(30)31)36-25(46)18-11(2)16(9-35-18)37-26(47)19-12(3)22(43-40-19)39-27(48)20-13(4)21(42-41-20)38-23(44)14(5)29/h8-9,34-35H,5-7H2,1-4H3,(H,32,45)(H,36,46)(H,37,47)(H4,30,31,33)(H2,38,41,42,44)(H2,39,40,43,48). The van der Waals surface area contributed by atoms with E-state index < -0.39 is 29.5 Å². The largest absolute Gasteiger partial charge is 0.370 e. The van der Waals surface area contributed by atoms with Crippen LogP contribution < -0.4 is 38.1 Å². The third-order valence-electron chi connectivity index (χ3n) is 7.11. The average Bonchev–Trinajstić information content (AvgIpc) is 3.78. The Morgan fingerprint density at radius 1 is 0.729 bits per heavy atom. The van der Waals surface area contributed by atoms with Crippen molar-refractivity contribution in [2.24, 2.45) is 16.5 Å². The van der Waals surface area contributed by atoms with Gasteiger partial charge in [0.25, 0.3) is 29.5 Å². The number of anilines is 4. The number of carbonyl (C=O) groups is 5. The molecule has 0 aliphatic heterocycles. The molecule has 19 nitrogen and oxygen atoms in total. The van der Waals surface area contributed by atoms with E-state index in [1.165, 1.54) is 12.4 Å². The van der Waals surface area contributed by atoms with Gasteiger partial charge in [0, 0.05) is 41.2 Å². The first-order chi connectivity index (χ1) is 22.7. The van der Waals surface area contributed by atoms with Gasteiger partial charge in [0.2, 0.25) is 0 Å². The van der Waals surface area contributed by atoms with Gasteiger partial charge in [-0.25, -0.2) is 0 Å². The molecule has 0 aromatic carbocycles. The van der Waals surface area contributed by atoms with Crippen LogP contribution in [0.1, 0.15) is 64.2 Å². The van der Waals surface area contributed by atoms with Crippen molar-refractivity contribution < 1.29 is 24.0 Å². The second kappa shape index (κ2) is 14.5. The van der Waals surface area contributed by atoms with E-state index in [1.807, 2.05) is 0 Å². The first-order valence-electron chi connectivity index (χ1n) is 14.1. The lowest BCUT2D eigenvalue weighted by molar-refractivity contribution is -0.112. The van der Waals surface area contributed by atoms with Crippen LogP contribution >= 0.6 is 15.9 Å². The average molecular weight is 726 g/mol. The highest BCUT2D eigenvalue weighted by atomic mass is 79.9. The minimum Gasteiger partial charge on any atom is -0.370 e. The van der Waals surface area contributed by atoms with Crippen molar-refractivity contribution in [1.82, 2.24) is 35.7 Å². The monoisotopic (exact) mass is 724 g/mol. The molecule has 252 valence electrons. The summed E-state index contributed by atoms with van der Waals surface area (Å²) in [4.78, 5) is 73.0. The lowest BCUT2D eigenvalue weighted by atomic mass is 10.2. The molecule has 48 heavy (non-hydrogen) atoms. The molecule has 4 heterocycles. The van der Waals surface area contributed by atoms with E-state index in [0.717, 1.165) is 0 Å². The maximum atomic E-state index is 13.1. The van der Waals surface area contributed by atoms with E-state index in [4.69, 9.17) is 11.5 Å². The molecular weight excluding hydrogens is 692 g/mol. The number of aromatic nitrogens is 6. The Labute approximate surface area is 280 Å². The van der Waals surface area contributed by atoms with Gasteiger partial charge in [-0.15, -0.1) is 0 Å². The molecule has 4 aromatic heterocycles. The molecule has 4 aromatic rings. The Hall–Kier alpha value is -6.18. The second-order valence-electron chi connectivity index (χ2n) is 10.3. The van der Waals surface area contributed by atoms with E-state index in [1.54, 1.807) is 27.7 Å². The minimum atomic E-state index is -0.606. The zero-order chi connectivity index (χ0) is 35.3. The fourth-order valence-corrected chi connectivity index (χ4v) is 4.46. The summed E-state index contributed by atoms with van der Waals surface area (Å²) in [6.45, 7) is 10.4. The van der Waals surface area contributed by atoms with Gasteiger partial charge in [-0.1, -0.05) is 6.58 Å². The van der Waals surface area contributed by atoms with Crippen molar-refractivity contribution in [3.8, 4) is 0 Å². The number of H-pyrrole nitrogens is 4. The number of halogens is 1. The van der Waals surface area contributed by atoms with Crippen molar-refractivity contribution in [1.29, 1.82) is 0 Å². The lowest BCUT2D eigenvalue weighted by Crippen LogP contribution is -2.29. The number of rotatable bonds is 12. The number of hydrogen-bond acceptors (Lipinski definition) is 8. The van der Waals surface area contributed by atoms with Crippen LogP contribution in [0.2, 0.25) is 0 Å². The predicted molar refractivity (Wildman–Crippen MR) is 181 cm³/mol.